The van der Waals surface area contributed by atoms with Crippen molar-refractivity contribution in [1.82, 2.24) is 0 Å². The van der Waals surface area contributed by atoms with Crippen LogP contribution >= 0.6 is 0 Å². The number of nitrogens with zero attached hydrogens (tertiary/aromatic N) is 1. The van der Waals surface area contributed by atoms with Crippen LogP contribution in [0.5, 0.6) is 0 Å². The molecule has 0 aromatic heterocycles. The Morgan fingerprint density at radius 3 is 1.26 bits per heavy atom. The Balaban J connectivity index is 1.11. The maximum Gasteiger partial charge on any atom is 0.0714 e. The second kappa shape index (κ2) is 17.2. The number of anilines is 3. The third-order valence-corrected chi connectivity index (χ3v) is 14.6. The molecule has 0 heterocycles. The highest BCUT2D eigenvalue weighted by molar-refractivity contribution is 6.22. The van der Waals surface area contributed by atoms with E-state index >= 15 is 0 Å². The van der Waals surface area contributed by atoms with Crippen molar-refractivity contribution in [2.75, 3.05) is 4.90 Å². The van der Waals surface area contributed by atoms with Gasteiger partial charge in [0.1, 0.15) is 0 Å². The summed E-state index contributed by atoms with van der Waals surface area (Å²) in [6.07, 6.45) is 0. The number of benzene rings is 12. The molecule has 0 aliphatic heterocycles. The topological polar surface area (TPSA) is 3.24 Å². The Bertz CT molecular complexity index is 3800. The largest absolute Gasteiger partial charge is 0.309 e. The van der Waals surface area contributed by atoms with Crippen LogP contribution in [0.1, 0.15) is 22.3 Å². The van der Waals surface area contributed by atoms with Crippen molar-refractivity contribution in [3.8, 4) is 55.6 Å². The maximum absolute atomic E-state index is 2.55. The van der Waals surface area contributed by atoms with E-state index in [4.69, 9.17) is 0 Å². The molecule has 1 aliphatic carbocycles. The second-order valence-electron chi connectivity index (χ2n) is 18.3. The fourth-order valence-electron chi connectivity index (χ4n) is 11.5. The molecule has 1 nitrogen and oxygen atoms in total. The van der Waals surface area contributed by atoms with Crippen molar-refractivity contribution in [2.45, 2.75) is 5.41 Å². The summed E-state index contributed by atoms with van der Waals surface area (Å²) >= 11 is 0. The molecule has 0 atom stereocenters. The maximum atomic E-state index is 2.55. The molecule has 0 radical (unpaired) electrons. The van der Waals surface area contributed by atoms with Crippen LogP contribution in [0, 0.1) is 0 Å². The van der Waals surface area contributed by atoms with E-state index in [0.29, 0.717) is 0 Å². The predicted molar refractivity (Wildman–Crippen MR) is 295 cm³/mol. The quantitative estimate of drug-likeness (QED) is 0.131. The summed E-state index contributed by atoms with van der Waals surface area (Å²) in [5.74, 6) is 0. The van der Waals surface area contributed by atoms with Crippen LogP contribution in [-0.4, -0.2) is 0 Å². The monoisotopic (exact) mass is 889 g/mol. The normalized spacial score (nSPS) is 12.4. The molecule has 70 heavy (non-hydrogen) atoms. The molecule has 0 fully saturated rings. The van der Waals surface area contributed by atoms with E-state index in [1.807, 2.05) is 0 Å². The van der Waals surface area contributed by atoms with Gasteiger partial charge in [0.2, 0.25) is 0 Å². The van der Waals surface area contributed by atoms with Gasteiger partial charge in [0.05, 0.1) is 11.1 Å². The van der Waals surface area contributed by atoms with E-state index in [2.05, 4.69) is 290 Å². The van der Waals surface area contributed by atoms with Gasteiger partial charge in [-0.2, -0.15) is 0 Å². The van der Waals surface area contributed by atoms with E-state index in [-0.39, 0.29) is 0 Å². The predicted octanol–water partition coefficient (Wildman–Crippen LogP) is 18.5. The summed E-state index contributed by atoms with van der Waals surface area (Å²) in [6.45, 7) is 0. The first-order valence-corrected chi connectivity index (χ1v) is 24.3. The summed E-state index contributed by atoms with van der Waals surface area (Å²) in [4.78, 5) is 2.55. The molecule has 0 N–H and O–H groups in total. The highest BCUT2D eigenvalue weighted by Gasteiger charge is 2.46. The summed E-state index contributed by atoms with van der Waals surface area (Å²) in [5, 5.41) is 4.84. The number of hydrogen-bond donors (Lipinski definition) is 0. The van der Waals surface area contributed by atoms with Crippen molar-refractivity contribution in [2.24, 2.45) is 0 Å². The molecule has 12 aromatic carbocycles. The number of hydrogen-bond acceptors (Lipinski definition) is 1. The molecule has 0 unspecified atom stereocenters. The van der Waals surface area contributed by atoms with E-state index in [1.54, 1.807) is 0 Å². The van der Waals surface area contributed by atoms with Crippen LogP contribution in [0.2, 0.25) is 0 Å². The molecule has 12 aromatic rings. The molecule has 0 amide bonds. The van der Waals surface area contributed by atoms with Crippen molar-refractivity contribution >= 4 is 38.6 Å². The minimum Gasteiger partial charge on any atom is -0.309 e. The van der Waals surface area contributed by atoms with Crippen molar-refractivity contribution in [3.05, 3.63) is 307 Å². The Labute approximate surface area is 409 Å². The van der Waals surface area contributed by atoms with Gasteiger partial charge in [-0.05, 0) is 113 Å². The summed E-state index contributed by atoms with van der Waals surface area (Å²) in [7, 11) is 0. The first-order valence-electron chi connectivity index (χ1n) is 24.3. The molecule has 328 valence electrons. The highest BCUT2D eigenvalue weighted by Crippen LogP contribution is 2.58. The lowest BCUT2D eigenvalue weighted by molar-refractivity contribution is 0.768. The molecule has 1 aliphatic rings. The minimum absolute atomic E-state index is 0.567. The Hall–Kier alpha value is -9.04. The third kappa shape index (κ3) is 6.70. The van der Waals surface area contributed by atoms with Crippen LogP contribution < -0.4 is 4.90 Å². The van der Waals surface area contributed by atoms with Gasteiger partial charge < -0.3 is 4.90 Å². The van der Waals surface area contributed by atoms with Crippen LogP contribution in [0.4, 0.5) is 17.1 Å². The fraction of sp³-hybridized carbons (Fsp3) is 0.0145. The SMILES string of the molecule is c1ccc(-c2ccc(-c3c(N(c4ccc(-c5ccccc5-c5ccccc5)cc4)c4ccc5c(c4)C(c4ccccc4)(c4ccccc4)c4ccccc4-5)c4ccccc4c4ccccc34)cc2)cc1. The highest BCUT2D eigenvalue weighted by atomic mass is 15.1. The second-order valence-corrected chi connectivity index (χ2v) is 18.3. The smallest absolute Gasteiger partial charge is 0.0714 e. The number of rotatable bonds is 9. The number of fused-ring (bicyclic) bond motifs is 6. The Kier molecular flexibility index (Phi) is 10.1. The molecular formula is C69H47N. The molecule has 0 saturated heterocycles. The molecule has 0 saturated carbocycles. The average Bonchev–Trinajstić information content (AvgIpc) is 3.75. The standard InChI is InChI=1S/C69H47N/c1-5-21-48(22-6-1)49-37-39-52(40-38-49)67-63-34-17-15-31-59(63)60-32-16-18-35-64(60)68(67)70(55-43-41-51(42-44-55)58-30-14-13-29-57(58)50-23-7-2-8-24-50)56-45-46-62-61-33-19-20-36-65(61)69(66(62)47-56,53-25-9-3-10-26-53)54-27-11-4-12-28-54/h1-47H. The van der Waals surface area contributed by atoms with Gasteiger partial charge in [-0.1, -0.05) is 261 Å². The van der Waals surface area contributed by atoms with E-state index < -0.39 is 5.41 Å². The Morgan fingerprint density at radius 1 is 0.243 bits per heavy atom. The van der Waals surface area contributed by atoms with Gasteiger partial charge in [0.15, 0.2) is 0 Å². The van der Waals surface area contributed by atoms with Crippen molar-refractivity contribution < 1.29 is 0 Å². The fourth-order valence-corrected chi connectivity index (χ4v) is 11.5. The third-order valence-electron chi connectivity index (χ3n) is 14.6. The van der Waals surface area contributed by atoms with Gasteiger partial charge in [0.25, 0.3) is 0 Å². The summed E-state index contributed by atoms with van der Waals surface area (Å²) < 4.78 is 0. The van der Waals surface area contributed by atoms with Gasteiger partial charge in [-0.25, -0.2) is 0 Å². The Morgan fingerprint density at radius 2 is 0.643 bits per heavy atom. The zero-order valence-electron chi connectivity index (χ0n) is 38.6. The first kappa shape index (κ1) is 41.2. The van der Waals surface area contributed by atoms with Crippen LogP contribution in [-0.2, 0) is 5.41 Å². The van der Waals surface area contributed by atoms with Gasteiger partial charge in [0, 0.05) is 22.3 Å². The first-order chi connectivity index (χ1) is 34.8. The lowest BCUT2D eigenvalue weighted by atomic mass is 9.67. The van der Waals surface area contributed by atoms with Crippen molar-refractivity contribution in [1.29, 1.82) is 0 Å². The van der Waals surface area contributed by atoms with E-state index in [9.17, 15) is 0 Å². The summed E-state index contributed by atoms with van der Waals surface area (Å²) in [5.41, 5.74) is 19.8. The molecule has 1 heteroatoms. The lowest BCUT2D eigenvalue weighted by Gasteiger charge is -2.35. The zero-order chi connectivity index (χ0) is 46.4. The molecular weight excluding hydrogens is 843 g/mol. The van der Waals surface area contributed by atoms with Crippen LogP contribution in [0.15, 0.2) is 285 Å². The molecule has 0 spiro atoms. The molecule has 13 rings (SSSR count). The van der Waals surface area contributed by atoms with Crippen LogP contribution in [0.3, 0.4) is 0 Å². The van der Waals surface area contributed by atoms with Gasteiger partial charge in [-0.3, -0.25) is 0 Å². The van der Waals surface area contributed by atoms with Gasteiger partial charge in [-0.15, -0.1) is 0 Å². The zero-order valence-corrected chi connectivity index (χ0v) is 38.6. The molecule has 0 bridgehead atoms. The van der Waals surface area contributed by atoms with E-state index in [0.717, 1.165) is 22.6 Å². The van der Waals surface area contributed by atoms with Crippen LogP contribution in [0.25, 0.3) is 77.2 Å². The summed E-state index contributed by atoms with van der Waals surface area (Å²) in [6, 6.07) is 105. The average molecular weight is 890 g/mol. The van der Waals surface area contributed by atoms with Gasteiger partial charge >= 0.3 is 0 Å². The van der Waals surface area contributed by atoms with E-state index in [1.165, 1.54) is 93.9 Å². The lowest BCUT2D eigenvalue weighted by Crippen LogP contribution is -2.28. The van der Waals surface area contributed by atoms with Crippen molar-refractivity contribution in [3.63, 3.8) is 0 Å². The minimum atomic E-state index is -0.567.